The molecule has 0 spiro atoms. The molecule has 2 aromatic carbocycles. The number of carbonyl (C=O) groups is 1. The van der Waals surface area contributed by atoms with Crippen molar-refractivity contribution in [3.63, 3.8) is 0 Å². The van der Waals surface area contributed by atoms with Gasteiger partial charge in [0.25, 0.3) is 5.91 Å². The van der Waals surface area contributed by atoms with Crippen LogP contribution in [-0.4, -0.2) is 20.0 Å². The van der Waals surface area contributed by atoms with Gasteiger partial charge in [0, 0.05) is 31.2 Å². The molecule has 0 aliphatic rings. The Kier molecular flexibility index (Phi) is 4.71. The van der Waals surface area contributed by atoms with Crippen LogP contribution in [0.5, 0.6) is 0 Å². The van der Waals surface area contributed by atoms with Gasteiger partial charge in [-0.25, -0.2) is 0 Å². The van der Waals surface area contributed by atoms with E-state index in [-0.39, 0.29) is 0 Å². The van der Waals surface area contributed by atoms with Crippen LogP contribution in [0.3, 0.4) is 0 Å². The molecular formula is C18H23N3O. The van der Waals surface area contributed by atoms with Gasteiger partial charge < -0.3 is 16.0 Å². The van der Waals surface area contributed by atoms with Crippen LogP contribution in [0.1, 0.15) is 35.7 Å². The fourth-order valence-electron chi connectivity index (χ4n) is 2.32. The number of nitrogens with two attached hydrogens (primary N) is 1. The Bertz CT molecular complexity index is 661. The second-order valence-corrected chi connectivity index (χ2v) is 5.89. The Morgan fingerprint density at radius 3 is 2.14 bits per heavy atom. The van der Waals surface area contributed by atoms with Gasteiger partial charge in [0.1, 0.15) is 0 Å². The topological polar surface area (TPSA) is 58.4 Å². The SMILES string of the molecule is CC(C)c1ccc(Nc2ccc(N(C)C)c(C(N)=O)c2)cc1. The summed E-state index contributed by atoms with van der Waals surface area (Å²) in [5.41, 5.74) is 9.92. The summed E-state index contributed by atoms with van der Waals surface area (Å²) in [6.45, 7) is 4.34. The molecule has 0 unspecified atom stereocenters. The van der Waals surface area contributed by atoms with Gasteiger partial charge in [-0.2, -0.15) is 0 Å². The van der Waals surface area contributed by atoms with Crippen LogP contribution in [0, 0.1) is 0 Å². The molecule has 0 saturated heterocycles. The minimum absolute atomic E-state index is 0.428. The molecule has 4 heteroatoms. The molecule has 0 aliphatic carbocycles. The first-order valence-electron chi connectivity index (χ1n) is 7.36. The summed E-state index contributed by atoms with van der Waals surface area (Å²) in [6, 6.07) is 13.9. The van der Waals surface area contributed by atoms with E-state index >= 15 is 0 Å². The highest BCUT2D eigenvalue weighted by atomic mass is 16.1. The third kappa shape index (κ3) is 3.58. The number of rotatable bonds is 5. The zero-order chi connectivity index (χ0) is 16.3. The van der Waals surface area contributed by atoms with Crippen LogP contribution >= 0.6 is 0 Å². The van der Waals surface area contributed by atoms with E-state index in [1.807, 2.05) is 43.3 Å². The van der Waals surface area contributed by atoms with Crippen molar-refractivity contribution in [2.75, 3.05) is 24.3 Å². The van der Waals surface area contributed by atoms with Crippen molar-refractivity contribution in [2.45, 2.75) is 19.8 Å². The number of nitrogens with one attached hydrogen (secondary N) is 1. The Morgan fingerprint density at radius 1 is 1.05 bits per heavy atom. The molecule has 2 aromatic rings. The number of carbonyl (C=O) groups excluding carboxylic acids is 1. The number of primary amides is 1. The number of anilines is 3. The second kappa shape index (κ2) is 6.52. The normalized spacial score (nSPS) is 10.6. The molecule has 0 saturated carbocycles. The molecule has 116 valence electrons. The quantitative estimate of drug-likeness (QED) is 0.884. The maximum Gasteiger partial charge on any atom is 0.250 e. The summed E-state index contributed by atoms with van der Waals surface area (Å²) < 4.78 is 0. The molecule has 0 bridgehead atoms. The van der Waals surface area contributed by atoms with Gasteiger partial charge in [0.05, 0.1) is 5.56 Å². The summed E-state index contributed by atoms with van der Waals surface area (Å²) in [7, 11) is 3.78. The number of benzene rings is 2. The predicted octanol–water partition coefficient (Wildman–Crippen LogP) is 3.72. The molecule has 0 fully saturated rings. The average Bonchev–Trinajstić information content (AvgIpc) is 2.47. The molecule has 3 N–H and O–H groups in total. The Balaban J connectivity index is 2.26. The van der Waals surface area contributed by atoms with Gasteiger partial charge in [-0.1, -0.05) is 26.0 Å². The third-order valence-corrected chi connectivity index (χ3v) is 3.61. The predicted molar refractivity (Wildman–Crippen MR) is 93.1 cm³/mol. The van der Waals surface area contributed by atoms with Crippen LogP contribution in [0.2, 0.25) is 0 Å². The van der Waals surface area contributed by atoms with E-state index in [0.29, 0.717) is 11.5 Å². The highest BCUT2D eigenvalue weighted by molar-refractivity contribution is 5.99. The third-order valence-electron chi connectivity index (χ3n) is 3.61. The maximum absolute atomic E-state index is 11.6. The Hall–Kier alpha value is -2.49. The minimum atomic E-state index is -0.428. The molecule has 0 aromatic heterocycles. The van der Waals surface area contributed by atoms with Gasteiger partial charge in [-0.05, 0) is 41.8 Å². The molecule has 1 amide bonds. The van der Waals surface area contributed by atoms with E-state index in [2.05, 4.69) is 31.3 Å². The van der Waals surface area contributed by atoms with Crippen LogP contribution in [0.25, 0.3) is 0 Å². The molecule has 4 nitrogen and oxygen atoms in total. The lowest BCUT2D eigenvalue weighted by molar-refractivity contribution is 0.100. The van der Waals surface area contributed by atoms with E-state index in [0.717, 1.165) is 17.1 Å². The van der Waals surface area contributed by atoms with Crippen molar-refractivity contribution < 1.29 is 4.79 Å². The number of amides is 1. The van der Waals surface area contributed by atoms with Gasteiger partial charge in [-0.15, -0.1) is 0 Å². The molecule has 2 rings (SSSR count). The monoisotopic (exact) mass is 297 g/mol. The fraction of sp³-hybridized carbons (Fsp3) is 0.278. The van der Waals surface area contributed by atoms with Crippen molar-refractivity contribution in [1.29, 1.82) is 0 Å². The highest BCUT2D eigenvalue weighted by Crippen LogP contribution is 2.25. The van der Waals surface area contributed by atoms with Crippen molar-refractivity contribution in [3.8, 4) is 0 Å². The van der Waals surface area contributed by atoms with Crippen LogP contribution in [0.15, 0.2) is 42.5 Å². The zero-order valence-corrected chi connectivity index (χ0v) is 13.6. The minimum Gasteiger partial charge on any atom is -0.377 e. The summed E-state index contributed by atoms with van der Waals surface area (Å²) in [4.78, 5) is 13.5. The second-order valence-electron chi connectivity index (χ2n) is 5.89. The first-order valence-corrected chi connectivity index (χ1v) is 7.36. The largest absolute Gasteiger partial charge is 0.377 e. The standard InChI is InChI=1S/C18H23N3O/c1-12(2)13-5-7-14(8-6-13)20-15-9-10-17(21(3)4)16(11-15)18(19)22/h5-12,20H,1-4H3,(H2,19,22). The van der Waals surface area contributed by atoms with E-state index in [4.69, 9.17) is 5.73 Å². The van der Waals surface area contributed by atoms with Gasteiger partial charge in [-0.3, -0.25) is 4.79 Å². The molecule has 0 aliphatic heterocycles. The maximum atomic E-state index is 11.6. The summed E-state index contributed by atoms with van der Waals surface area (Å²) in [5.74, 6) is 0.0809. The van der Waals surface area contributed by atoms with Crippen molar-refractivity contribution in [3.05, 3.63) is 53.6 Å². The fourth-order valence-corrected chi connectivity index (χ4v) is 2.32. The van der Waals surface area contributed by atoms with Crippen LogP contribution < -0.4 is 16.0 Å². The lowest BCUT2D eigenvalue weighted by Gasteiger charge is -2.17. The molecule has 22 heavy (non-hydrogen) atoms. The first-order chi connectivity index (χ1) is 10.4. The molecule has 0 heterocycles. The van der Waals surface area contributed by atoms with Gasteiger partial charge >= 0.3 is 0 Å². The Morgan fingerprint density at radius 2 is 1.64 bits per heavy atom. The molecule has 0 atom stereocenters. The lowest BCUT2D eigenvalue weighted by Crippen LogP contribution is -2.18. The summed E-state index contributed by atoms with van der Waals surface area (Å²) >= 11 is 0. The van der Waals surface area contributed by atoms with E-state index in [9.17, 15) is 4.79 Å². The number of nitrogens with zero attached hydrogens (tertiary/aromatic N) is 1. The van der Waals surface area contributed by atoms with Gasteiger partial charge in [0.15, 0.2) is 0 Å². The van der Waals surface area contributed by atoms with E-state index in [1.54, 1.807) is 6.07 Å². The van der Waals surface area contributed by atoms with Gasteiger partial charge in [0.2, 0.25) is 0 Å². The summed E-state index contributed by atoms with van der Waals surface area (Å²) in [6.07, 6.45) is 0. The molecular weight excluding hydrogens is 274 g/mol. The molecule has 0 radical (unpaired) electrons. The van der Waals surface area contributed by atoms with Crippen LogP contribution in [0.4, 0.5) is 17.1 Å². The number of hydrogen-bond donors (Lipinski definition) is 2. The Labute approximate surface area is 131 Å². The van der Waals surface area contributed by atoms with Crippen molar-refractivity contribution in [1.82, 2.24) is 0 Å². The highest BCUT2D eigenvalue weighted by Gasteiger charge is 2.11. The van der Waals surface area contributed by atoms with E-state index < -0.39 is 5.91 Å². The van der Waals surface area contributed by atoms with Crippen molar-refractivity contribution in [2.24, 2.45) is 5.73 Å². The smallest absolute Gasteiger partial charge is 0.250 e. The van der Waals surface area contributed by atoms with Crippen molar-refractivity contribution >= 4 is 23.0 Å². The number of hydrogen-bond acceptors (Lipinski definition) is 3. The van der Waals surface area contributed by atoms with Crippen LogP contribution in [-0.2, 0) is 0 Å². The summed E-state index contributed by atoms with van der Waals surface area (Å²) in [5, 5.41) is 3.31. The average molecular weight is 297 g/mol. The zero-order valence-electron chi connectivity index (χ0n) is 13.6. The van der Waals surface area contributed by atoms with E-state index in [1.165, 1.54) is 5.56 Å². The lowest BCUT2D eigenvalue weighted by atomic mass is 10.0. The first kappa shape index (κ1) is 15.9.